The number of rotatable bonds is 4. The third-order valence-corrected chi connectivity index (χ3v) is 2.90. The van der Waals surface area contributed by atoms with Gasteiger partial charge in [-0.1, -0.05) is 30.3 Å². The van der Waals surface area contributed by atoms with Crippen molar-refractivity contribution in [1.82, 2.24) is 0 Å². The summed E-state index contributed by atoms with van der Waals surface area (Å²) >= 11 is 0. The summed E-state index contributed by atoms with van der Waals surface area (Å²) in [6.45, 7) is 0.0963. The lowest BCUT2D eigenvalue weighted by molar-refractivity contribution is -0.253. The highest BCUT2D eigenvalue weighted by atomic mass is 17.1. The molecule has 0 atom stereocenters. The molecule has 2 aromatic rings. The molecule has 100 valence electrons. The van der Waals surface area contributed by atoms with Crippen LogP contribution in [-0.4, -0.2) is 22.4 Å². The summed E-state index contributed by atoms with van der Waals surface area (Å²) in [5.41, 5.74) is 2.96. The standard InChI is InChI=1S/C14H12BNO4/c16-8-11-5-13(7-14(6-11)15(17)18)12-3-1-10(2-4-12)9-20-19/h1-7,17-19H,9H2. The molecule has 0 aliphatic carbocycles. The van der Waals surface area contributed by atoms with Gasteiger partial charge >= 0.3 is 7.12 Å². The van der Waals surface area contributed by atoms with Crippen molar-refractivity contribution in [2.24, 2.45) is 0 Å². The van der Waals surface area contributed by atoms with E-state index in [-0.39, 0.29) is 12.1 Å². The zero-order valence-corrected chi connectivity index (χ0v) is 10.5. The smallest absolute Gasteiger partial charge is 0.423 e. The fourth-order valence-corrected chi connectivity index (χ4v) is 1.90. The molecule has 0 fully saturated rings. The number of hydrogen-bond donors (Lipinski definition) is 3. The normalized spacial score (nSPS) is 10.1. The van der Waals surface area contributed by atoms with Crippen LogP contribution in [0.2, 0.25) is 0 Å². The van der Waals surface area contributed by atoms with Gasteiger partial charge in [0.05, 0.1) is 11.6 Å². The molecule has 0 spiro atoms. The second-order valence-electron chi connectivity index (χ2n) is 4.30. The van der Waals surface area contributed by atoms with Crippen LogP contribution in [0.4, 0.5) is 0 Å². The Hall–Kier alpha value is -2.17. The van der Waals surface area contributed by atoms with Gasteiger partial charge < -0.3 is 10.0 Å². The van der Waals surface area contributed by atoms with Gasteiger partial charge in [-0.25, -0.2) is 4.89 Å². The molecule has 6 heteroatoms. The summed E-state index contributed by atoms with van der Waals surface area (Å²) in [7, 11) is -1.62. The van der Waals surface area contributed by atoms with Crippen LogP contribution >= 0.6 is 0 Å². The molecule has 0 bridgehead atoms. The first-order valence-corrected chi connectivity index (χ1v) is 5.91. The Morgan fingerprint density at radius 2 is 1.75 bits per heavy atom. The minimum absolute atomic E-state index is 0.0963. The number of nitriles is 1. The SMILES string of the molecule is N#Cc1cc(B(O)O)cc(-c2ccc(COO)cc2)c1. The van der Waals surface area contributed by atoms with Crippen LogP contribution < -0.4 is 5.46 Å². The van der Waals surface area contributed by atoms with Crippen LogP contribution in [0, 0.1) is 11.3 Å². The molecule has 0 unspecified atom stereocenters. The number of hydrogen-bond acceptors (Lipinski definition) is 5. The molecule has 20 heavy (non-hydrogen) atoms. The van der Waals surface area contributed by atoms with Gasteiger partial charge in [-0.05, 0) is 34.3 Å². The Balaban J connectivity index is 2.41. The topological polar surface area (TPSA) is 93.7 Å². The van der Waals surface area contributed by atoms with Gasteiger partial charge in [0.25, 0.3) is 0 Å². The van der Waals surface area contributed by atoms with Gasteiger partial charge in [0.1, 0.15) is 6.61 Å². The number of nitrogens with zero attached hydrogens (tertiary/aromatic N) is 1. The van der Waals surface area contributed by atoms with Crippen LogP contribution in [0.5, 0.6) is 0 Å². The van der Waals surface area contributed by atoms with Crippen molar-refractivity contribution < 1.29 is 20.2 Å². The van der Waals surface area contributed by atoms with E-state index in [0.29, 0.717) is 11.1 Å². The molecule has 0 radical (unpaired) electrons. The van der Waals surface area contributed by atoms with Crippen LogP contribution in [0.3, 0.4) is 0 Å². The third kappa shape index (κ3) is 3.23. The van der Waals surface area contributed by atoms with Gasteiger partial charge in [-0.15, -0.1) is 0 Å². The lowest BCUT2D eigenvalue weighted by Gasteiger charge is -2.07. The third-order valence-electron chi connectivity index (χ3n) is 2.90. The van der Waals surface area contributed by atoms with E-state index in [1.807, 2.05) is 6.07 Å². The first kappa shape index (κ1) is 14.2. The highest BCUT2D eigenvalue weighted by Crippen LogP contribution is 2.20. The molecule has 5 nitrogen and oxygen atoms in total. The highest BCUT2D eigenvalue weighted by molar-refractivity contribution is 6.58. The van der Waals surface area contributed by atoms with E-state index in [4.69, 9.17) is 10.5 Å². The Labute approximate surface area is 116 Å². The lowest BCUT2D eigenvalue weighted by Crippen LogP contribution is -2.30. The van der Waals surface area contributed by atoms with E-state index in [2.05, 4.69) is 4.89 Å². The summed E-state index contributed by atoms with van der Waals surface area (Å²) in [5, 5.41) is 35.8. The van der Waals surface area contributed by atoms with E-state index >= 15 is 0 Å². The molecule has 0 aliphatic heterocycles. The predicted molar refractivity (Wildman–Crippen MR) is 73.8 cm³/mol. The summed E-state index contributed by atoms with van der Waals surface area (Å²) in [5.74, 6) is 0. The average Bonchev–Trinajstić information content (AvgIpc) is 2.47. The zero-order valence-electron chi connectivity index (χ0n) is 10.5. The fraction of sp³-hybridized carbons (Fsp3) is 0.0714. The summed E-state index contributed by atoms with van der Waals surface area (Å²) in [6, 6.07) is 13.9. The summed E-state index contributed by atoms with van der Waals surface area (Å²) < 4.78 is 0. The fourth-order valence-electron chi connectivity index (χ4n) is 1.90. The molecule has 0 saturated carbocycles. The minimum atomic E-state index is -1.62. The maximum Gasteiger partial charge on any atom is 0.488 e. The second kappa shape index (κ2) is 6.32. The molecule has 3 N–H and O–H groups in total. The van der Waals surface area contributed by atoms with Crippen LogP contribution in [0.25, 0.3) is 11.1 Å². The molecule has 0 heterocycles. The Bertz CT molecular complexity index is 635. The van der Waals surface area contributed by atoms with Crippen molar-refractivity contribution in [3.63, 3.8) is 0 Å². The largest absolute Gasteiger partial charge is 0.488 e. The molecule has 0 aromatic heterocycles. The van der Waals surface area contributed by atoms with Crippen molar-refractivity contribution in [3.8, 4) is 17.2 Å². The summed E-state index contributed by atoms with van der Waals surface area (Å²) in [6.07, 6.45) is 0. The second-order valence-corrected chi connectivity index (χ2v) is 4.30. The maximum absolute atomic E-state index is 9.23. The van der Waals surface area contributed by atoms with Crippen molar-refractivity contribution in [3.05, 3.63) is 53.6 Å². The van der Waals surface area contributed by atoms with E-state index < -0.39 is 7.12 Å². The van der Waals surface area contributed by atoms with Gasteiger partial charge in [-0.2, -0.15) is 5.26 Å². The van der Waals surface area contributed by atoms with E-state index in [1.54, 1.807) is 36.4 Å². The van der Waals surface area contributed by atoms with Crippen molar-refractivity contribution >= 4 is 12.6 Å². The van der Waals surface area contributed by atoms with Gasteiger partial charge in [0, 0.05) is 0 Å². The monoisotopic (exact) mass is 269 g/mol. The van der Waals surface area contributed by atoms with E-state index in [9.17, 15) is 10.0 Å². The number of benzene rings is 2. The maximum atomic E-state index is 9.23. The average molecular weight is 269 g/mol. The molecular formula is C14H12BNO4. The molecule has 0 saturated heterocycles. The molecule has 2 aromatic carbocycles. The first-order chi connectivity index (χ1) is 9.63. The lowest BCUT2D eigenvalue weighted by atomic mass is 9.78. The Morgan fingerprint density at radius 1 is 1.05 bits per heavy atom. The molecular weight excluding hydrogens is 257 g/mol. The van der Waals surface area contributed by atoms with Crippen LogP contribution in [0.15, 0.2) is 42.5 Å². The summed E-state index contributed by atoms with van der Waals surface area (Å²) in [4.78, 5) is 4.05. The highest BCUT2D eigenvalue weighted by Gasteiger charge is 2.13. The Kier molecular flexibility index (Phi) is 4.51. The van der Waals surface area contributed by atoms with Crippen molar-refractivity contribution in [2.45, 2.75) is 6.61 Å². The van der Waals surface area contributed by atoms with Crippen LogP contribution in [0.1, 0.15) is 11.1 Å². The van der Waals surface area contributed by atoms with Gasteiger partial charge in [0.15, 0.2) is 0 Å². The van der Waals surface area contributed by atoms with Crippen molar-refractivity contribution in [1.29, 1.82) is 5.26 Å². The van der Waals surface area contributed by atoms with Gasteiger partial charge in [-0.3, -0.25) is 5.26 Å². The first-order valence-electron chi connectivity index (χ1n) is 5.91. The van der Waals surface area contributed by atoms with Crippen LogP contribution in [-0.2, 0) is 11.5 Å². The molecule has 0 amide bonds. The minimum Gasteiger partial charge on any atom is -0.423 e. The van der Waals surface area contributed by atoms with E-state index in [1.165, 1.54) is 6.07 Å². The quantitative estimate of drug-likeness (QED) is 0.435. The van der Waals surface area contributed by atoms with Crippen molar-refractivity contribution in [2.75, 3.05) is 0 Å². The van der Waals surface area contributed by atoms with E-state index in [0.717, 1.165) is 11.1 Å². The molecule has 0 aliphatic rings. The predicted octanol–water partition coefficient (Wildman–Crippen LogP) is 0.895. The molecule has 2 rings (SSSR count). The van der Waals surface area contributed by atoms with Gasteiger partial charge in [0.2, 0.25) is 0 Å². The zero-order chi connectivity index (χ0) is 14.5. The Morgan fingerprint density at radius 3 is 2.30 bits per heavy atom.